The number of aromatic nitrogens is 1. The molecule has 0 saturated carbocycles. The molecule has 3 N–H and O–H groups in total. The van der Waals surface area contributed by atoms with Crippen LogP contribution in [-0.2, 0) is 26.3 Å². The average Bonchev–Trinajstić information content (AvgIpc) is 2.75. The first-order valence-corrected chi connectivity index (χ1v) is 6.20. The van der Waals surface area contributed by atoms with Crippen molar-refractivity contribution in [1.29, 1.82) is 0 Å². The molecule has 3 heteroatoms. The Morgan fingerprint density at radius 2 is 1.94 bits per heavy atom. The fraction of sp³-hybridized carbons (Fsp3) is 0.615. The smallest absolute Gasteiger partial charge is 0.189 e. The summed E-state index contributed by atoms with van der Waals surface area (Å²) in [5, 5.41) is 10.1. The van der Waals surface area contributed by atoms with E-state index in [0.29, 0.717) is 0 Å². The molecule has 86 valence electrons. The molecule has 16 heavy (non-hydrogen) atoms. The fourth-order valence-electron chi connectivity index (χ4n) is 3.33. The second kappa shape index (κ2) is 3.45. The SMILES string of the molecule is C[n+]1c2c(c(N)c3c1CCCC3O)CCC2. The molecular formula is C13H19N2O+. The maximum absolute atomic E-state index is 10.1. The van der Waals surface area contributed by atoms with Gasteiger partial charge in [-0.2, -0.15) is 0 Å². The van der Waals surface area contributed by atoms with Gasteiger partial charge in [0, 0.05) is 18.4 Å². The highest BCUT2D eigenvalue weighted by Crippen LogP contribution is 2.37. The minimum absolute atomic E-state index is 0.346. The molecule has 0 saturated heterocycles. The molecule has 1 heterocycles. The molecule has 3 rings (SSSR count). The predicted molar refractivity (Wildman–Crippen MR) is 62.0 cm³/mol. The van der Waals surface area contributed by atoms with Gasteiger partial charge in [-0.15, -0.1) is 0 Å². The summed E-state index contributed by atoms with van der Waals surface area (Å²) in [6.45, 7) is 0. The van der Waals surface area contributed by atoms with Crippen LogP contribution < -0.4 is 10.3 Å². The van der Waals surface area contributed by atoms with E-state index in [1.165, 1.54) is 23.4 Å². The van der Waals surface area contributed by atoms with E-state index in [2.05, 4.69) is 11.6 Å². The normalized spacial score (nSPS) is 23.0. The highest BCUT2D eigenvalue weighted by atomic mass is 16.3. The first-order chi connectivity index (χ1) is 7.70. The monoisotopic (exact) mass is 219 g/mol. The van der Waals surface area contributed by atoms with Crippen LogP contribution in [0.5, 0.6) is 0 Å². The highest BCUT2D eigenvalue weighted by molar-refractivity contribution is 5.58. The number of hydrogen-bond acceptors (Lipinski definition) is 2. The van der Waals surface area contributed by atoms with Crippen molar-refractivity contribution in [3.63, 3.8) is 0 Å². The van der Waals surface area contributed by atoms with Gasteiger partial charge < -0.3 is 10.8 Å². The van der Waals surface area contributed by atoms with E-state index in [-0.39, 0.29) is 6.10 Å². The topological polar surface area (TPSA) is 50.1 Å². The van der Waals surface area contributed by atoms with Gasteiger partial charge in [-0.1, -0.05) is 0 Å². The molecule has 1 atom stereocenters. The predicted octanol–water partition coefficient (Wildman–Crippen LogP) is 0.952. The first kappa shape index (κ1) is 10.1. The molecule has 0 amide bonds. The van der Waals surface area contributed by atoms with Crippen molar-refractivity contribution in [2.24, 2.45) is 7.05 Å². The lowest BCUT2D eigenvalue weighted by molar-refractivity contribution is -0.687. The Hall–Kier alpha value is -1.09. The molecule has 0 radical (unpaired) electrons. The third-order valence-corrected chi connectivity index (χ3v) is 4.15. The Morgan fingerprint density at radius 1 is 1.19 bits per heavy atom. The van der Waals surface area contributed by atoms with E-state index in [1.54, 1.807) is 0 Å². The van der Waals surface area contributed by atoms with Crippen LogP contribution in [0.15, 0.2) is 0 Å². The van der Waals surface area contributed by atoms with Crippen molar-refractivity contribution in [2.75, 3.05) is 5.73 Å². The number of fused-ring (bicyclic) bond motifs is 2. The average molecular weight is 219 g/mol. The molecule has 1 aromatic heterocycles. The van der Waals surface area contributed by atoms with Crippen LogP contribution in [0.3, 0.4) is 0 Å². The number of pyridine rings is 1. The van der Waals surface area contributed by atoms with Crippen molar-refractivity contribution >= 4 is 5.69 Å². The van der Waals surface area contributed by atoms with Crippen molar-refractivity contribution in [2.45, 2.75) is 44.6 Å². The number of rotatable bonds is 0. The number of nitrogens with zero attached hydrogens (tertiary/aromatic N) is 1. The third-order valence-electron chi connectivity index (χ3n) is 4.15. The Morgan fingerprint density at radius 3 is 2.75 bits per heavy atom. The molecule has 1 unspecified atom stereocenters. The van der Waals surface area contributed by atoms with Crippen molar-refractivity contribution in [3.8, 4) is 0 Å². The number of anilines is 1. The minimum atomic E-state index is -0.346. The van der Waals surface area contributed by atoms with Crippen molar-refractivity contribution in [3.05, 3.63) is 22.5 Å². The van der Waals surface area contributed by atoms with Crippen LogP contribution in [0.4, 0.5) is 5.69 Å². The Bertz CT molecular complexity index is 454. The van der Waals surface area contributed by atoms with Gasteiger partial charge >= 0.3 is 0 Å². The number of aliphatic hydroxyl groups excluding tert-OH is 1. The van der Waals surface area contributed by atoms with Gasteiger partial charge in [0.1, 0.15) is 7.05 Å². The molecule has 0 spiro atoms. The summed E-state index contributed by atoms with van der Waals surface area (Å²) >= 11 is 0. The maximum atomic E-state index is 10.1. The first-order valence-electron chi connectivity index (χ1n) is 6.20. The van der Waals surface area contributed by atoms with Gasteiger partial charge in [0.2, 0.25) is 0 Å². The van der Waals surface area contributed by atoms with Crippen LogP contribution in [0.2, 0.25) is 0 Å². The quantitative estimate of drug-likeness (QED) is 0.638. The summed E-state index contributed by atoms with van der Waals surface area (Å²) in [6, 6.07) is 0. The molecule has 0 bridgehead atoms. The van der Waals surface area contributed by atoms with E-state index >= 15 is 0 Å². The van der Waals surface area contributed by atoms with Gasteiger partial charge in [-0.3, -0.25) is 0 Å². The second-order valence-electron chi connectivity index (χ2n) is 5.02. The fourth-order valence-corrected chi connectivity index (χ4v) is 3.33. The van der Waals surface area contributed by atoms with Crippen LogP contribution in [-0.4, -0.2) is 5.11 Å². The molecule has 2 aliphatic carbocycles. The van der Waals surface area contributed by atoms with E-state index < -0.39 is 0 Å². The lowest BCUT2D eigenvalue weighted by atomic mass is 9.89. The third kappa shape index (κ3) is 1.21. The number of nitrogen functional groups attached to an aromatic ring is 1. The molecule has 0 aromatic carbocycles. The highest BCUT2D eigenvalue weighted by Gasteiger charge is 2.34. The van der Waals surface area contributed by atoms with Crippen LogP contribution in [0.1, 0.15) is 47.9 Å². The zero-order valence-corrected chi connectivity index (χ0v) is 9.79. The van der Waals surface area contributed by atoms with E-state index in [0.717, 1.165) is 43.4 Å². The largest absolute Gasteiger partial charge is 0.398 e. The summed E-state index contributed by atoms with van der Waals surface area (Å²) in [4.78, 5) is 0. The summed E-state index contributed by atoms with van der Waals surface area (Å²) in [5.74, 6) is 0. The minimum Gasteiger partial charge on any atom is -0.398 e. The molecule has 0 aliphatic heterocycles. The van der Waals surface area contributed by atoms with E-state index in [4.69, 9.17) is 5.73 Å². The lowest BCUT2D eigenvalue weighted by Crippen LogP contribution is -2.42. The van der Waals surface area contributed by atoms with E-state index in [1.807, 2.05) is 0 Å². The van der Waals surface area contributed by atoms with Gasteiger partial charge in [-0.25, -0.2) is 4.57 Å². The van der Waals surface area contributed by atoms with Crippen molar-refractivity contribution in [1.82, 2.24) is 0 Å². The van der Waals surface area contributed by atoms with E-state index in [9.17, 15) is 5.11 Å². The molecule has 1 aromatic rings. The second-order valence-corrected chi connectivity index (χ2v) is 5.02. The summed E-state index contributed by atoms with van der Waals surface area (Å²) in [7, 11) is 2.13. The molecule has 2 aliphatic rings. The zero-order valence-electron chi connectivity index (χ0n) is 9.79. The summed E-state index contributed by atoms with van der Waals surface area (Å²) in [5.41, 5.74) is 12.1. The van der Waals surface area contributed by atoms with Crippen LogP contribution in [0.25, 0.3) is 0 Å². The van der Waals surface area contributed by atoms with Gasteiger partial charge in [0.25, 0.3) is 0 Å². The standard InChI is InChI=1S/C13H18N2O/c1-15-9-5-2-4-8(9)13(14)12-10(15)6-3-7-11(12)16/h11,14,16H,2-7H2,1H3/p+1. The summed E-state index contributed by atoms with van der Waals surface area (Å²) < 4.78 is 2.29. The van der Waals surface area contributed by atoms with Gasteiger partial charge in [0.05, 0.1) is 17.4 Å². The Balaban J connectivity index is 2.30. The molecule has 3 nitrogen and oxygen atoms in total. The number of aliphatic hydroxyl groups is 1. The summed E-state index contributed by atoms with van der Waals surface area (Å²) in [6.07, 6.45) is 6.05. The van der Waals surface area contributed by atoms with Gasteiger partial charge in [0.15, 0.2) is 11.4 Å². The number of hydrogen-bond donors (Lipinski definition) is 2. The van der Waals surface area contributed by atoms with Gasteiger partial charge in [-0.05, 0) is 25.7 Å². The molecule has 0 fully saturated rings. The van der Waals surface area contributed by atoms with Crippen LogP contribution in [0, 0.1) is 0 Å². The maximum Gasteiger partial charge on any atom is 0.189 e. The lowest BCUT2D eigenvalue weighted by Gasteiger charge is -2.22. The number of nitrogens with two attached hydrogens (primary N) is 1. The molecular weight excluding hydrogens is 200 g/mol. The Kier molecular flexibility index (Phi) is 2.18. The van der Waals surface area contributed by atoms with Crippen LogP contribution >= 0.6 is 0 Å². The van der Waals surface area contributed by atoms with Crippen molar-refractivity contribution < 1.29 is 9.67 Å². The zero-order chi connectivity index (χ0) is 11.3. The Labute approximate surface area is 95.9 Å².